The van der Waals surface area contributed by atoms with Crippen LogP contribution in [-0.4, -0.2) is 13.1 Å². The first-order valence-corrected chi connectivity index (χ1v) is 4.00. The molecule has 0 saturated heterocycles. The zero-order valence-corrected chi connectivity index (χ0v) is 8.02. The van der Waals surface area contributed by atoms with Crippen LogP contribution in [0.25, 0.3) is 10.4 Å². The number of hydrogen-bond donors (Lipinski definition) is 0. The number of azide groups is 1. The summed E-state index contributed by atoms with van der Waals surface area (Å²) in [4.78, 5) is 13.6. The van der Waals surface area contributed by atoms with Crippen molar-refractivity contribution in [1.82, 2.24) is 0 Å². The fraction of sp³-hybridized carbons (Fsp3) is 0.125. The van der Waals surface area contributed by atoms with Gasteiger partial charge in [-0.2, -0.15) is 0 Å². The van der Waals surface area contributed by atoms with Crippen LogP contribution in [0.3, 0.4) is 0 Å². The van der Waals surface area contributed by atoms with E-state index in [2.05, 4.69) is 14.8 Å². The smallest absolute Gasteiger partial charge is 0.337 e. The number of esters is 1. The lowest BCUT2D eigenvalue weighted by Gasteiger charge is -2.00. The van der Waals surface area contributed by atoms with E-state index in [0.717, 1.165) is 0 Å². The Kier molecular flexibility index (Phi) is 3.34. The van der Waals surface area contributed by atoms with Gasteiger partial charge < -0.3 is 4.74 Å². The van der Waals surface area contributed by atoms with Crippen LogP contribution in [0, 0.1) is 0 Å². The lowest BCUT2D eigenvalue weighted by Crippen LogP contribution is -2.00. The Morgan fingerprint density at radius 3 is 2.86 bits per heavy atom. The van der Waals surface area contributed by atoms with Gasteiger partial charge in [0.1, 0.15) is 0 Å². The third kappa shape index (κ3) is 2.16. The van der Waals surface area contributed by atoms with Crippen LogP contribution in [0.5, 0.6) is 0 Å². The lowest BCUT2D eigenvalue weighted by molar-refractivity contribution is 0.0601. The summed E-state index contributed by atoms with van der Waals surface area (Å²) >= 11 is 5.74. The number of methoxy groups -OCH3 is 1. The molecule has 0 aromatic heterocycles. The van der Waals surface area contributed by atoms with Crippen molar-refractivity contribution in [2.75, 3.05) is 7.11 Å². The van der Waals surface area contributed by atoms with Crippen molar-refractivity contribution < 1.29 is 9.53 Å². The van der Waals surface area contributed by atoms with Gasteiger partial charge in [-0.05, 0) is 17.7 Å². The summed E-state index contributed by atoms with van der Waals surface area (Å²) in [5.74, 6) is -0.487. The molecule has 1 aromatic rings. The maximum atomic E-state index is 11.1. The highest BCUT2D eigenvalue weighted by atomic mass is 35.5. The zero-order chi connectivity index (χ0) is 10.6. The molecule has 0 aliphatic rings. The van der Waals surface area contributed by atoms with E-state index < -0.39 is 5.97 Å². The second-order valence-corrected chi connectivity index (χ2v) is 2.75. The van der Waals surface area contributed by atoms with Crippen molar-refractivity contribution in [2.24, 2.45) is 5.11 Å². The highest BCUT2D eigenvalue weighted by Crippen LogP contribution is 2.26. The summed E-state index contributed by atoms with van der Waals surface area (Å²) in [6.07, 6.45) is 0. The van der Waals surface area contributed by atoms with Gasteiger partial charge in [0.25, 0.3) is 0 Å². The third-order valence-corrected chi connectivity index (χ3v) is 1.82. The van der Waals surface area contributed by atoms with Gasteiger partial charge in [0.15, 0.2) is 0 Å². The van der Waals surface area contributed by atoms with Crippen LogP contribution >= 0.6 is 11.6 Å². The molecule has 0 atom stereocenters. The van der Waals surface area contributed by atoms with E-state index in [1.165, 1.54) is 25.3 Å². The minimum absolute atomic E-state index is 0.214. The Balaban J connectivity index is 3.12. The first kappa shape index (κ1) is 10.4. The molecule has 1 rings (SSSR count). The van der Waals surface area contributed by atoms with E-state index in [4.69, 9.17) is 17.1 Å². The molecule has 0 amide bonds. The first-order chi connectivity index (χ1) is 6.69. The summed E-state index contributed by atoms with van der Waals surface area (Å²) in [7, 11) is 1.28. The van der Waals surface area contributed by atoms with Gasteiger partial charge in [-0.1, -0.05) is 22.8 Å². The van der Waals surface area contributed by atoms with Gasteiger partial charge >= 0.3 is 5.97 Å². The Bertz CT molecular complexity index is 413. The fourth-order valence-corrected chi connectivity index (χ4v) is 1.10. The third-order valence-electron chi connectivity index (χ3n) is 1.52. The van der Waals surface area contributed by atoms with E-state index in [1.807, 2.05) is 0 Å². The van der Waals surface area contributed by atoms with Crippen molar-refractivity contribution in [1.29, 1.82) is 0 Å². The van der Waals surface area contributed by atoms with E-state index in [-0.39, 0.29) is 10.7 Å². The van der Waals surface area contributed by atoms with Gasteiger partial charge in [-0.25, -0.2) is 4.79 Å². The molecule has 14 heavy (non-hydrogen) atoms. The van der Waals surface area contributed by atoms with E-state index >= 15 is 0 Å². The number of rotatable bonds is 2. The van der Waals surface area contributed by atoms with E-state index in [1.54, 1.807) is 0 Å². The molecule has 0 N–H and O–H groups in total. The van der Waals surface area contributed by atoms with E-state index in [0.29, 0.717) is 5.56 Å². The molecular formula is C8H6ClN3O2. The molecule has 0 unspecified atom stereocenters. The molecule has 0 saturated carbocycles. The van der Waals surface area contributed by atoms with Crippen LogP contribution in [0.4, 0.5) is 5.69 Å². The van der Waals surface area contributed by atoms with Crippen molar-refractivity contribution in [2.45, 2.75) is 0 Å². The number of carbonyl (C=O) groups is 1. The quantitative estimate of drug-likeness (QED) is 0.326. The molecule has 0 aliphatic carbocycles. The molecular weight excluding hydrogens is 206 g/mol. The van der Waals surface area contributed by atoms with Crippen LogP contribution < -0.4 is 0 Å². The van der Waals surface area contributed by atoms with E-state index in [9.17, 15) is 4.79 Å². The Morgan fingerprint density at radius 1 is 1.64 bits per heavy atom. The summed E-state index contributed by atoms with van der Waals surface area (Å²) < 4.78 is 4.49. The van der Waals surface area contributed by atoms with Crippen LogP contribution in [0.1, 0.15) is 10.4 Å². The minimum atomic E-state index is -0.487. The number of carbonyl (C=O) groups excluding carboxylic acids is 1. The van der Waals surface area contributed by atoms with Crippen molar-refractivity contribution in [3.8, 4) is 0 Å². The van der Waals surface area contributed by atoms with Gasteiger partial charge in [-0.15, -0.1) is 0 Å². The van der Waals surface area contributed by atoms with Gasteiger partial charge in [0.05, 0.1) is 23.4 Å². The SMILES string of the molecule is COC(=O)c1ccc(N=[N+]=[N-])c(Cl)c1. The standard InChI is InChI=1S/C8H6ClN3O2/c1-14-8(13)5-2-3-7(11-12-10)6(9)4-5/h2-4H,1H3. The number of hydrogen-bond acceptors (Lipinski definition) is 3. The lowest BCUT2D eigenvalue weighted by atomic mass is 10.2. The normalized spacial score (nSPS) is 9.00. The van der Waals surface area contributed by atoms with Gasteiger partial charge in [-0.3, -0.25) is 0 Å². The number of benzene rings is 1. The predicted octanol–water partition coefficient (Wildman–Crippen LogP) is 3.07. The number of halogens is 1. The molecule has 0 bridgehead atoms. The maximum Gasteiger partial charge on any atom is 0.337 e. The molecule has 0 aliphatic heterocycles. The van der Waals surface area contributed by atoms with Crippen LogP contribution in [0.15, 0.2) is 23.3 Å². The molecule has 1 aromatic carbocycles. The second kappa shape index (κ2) is 4.50. The molecule has 0 radical (unpaired) electrons. The van der Waals surface area contributed by atoms with Crippen LogP contribution in [0.2, 0.25) is 5.02 Å². The maximum absolute atomic E-state index is 11.1. The summed E-state index contributed by atoms with van der Waals surface area (Å²) in [6, 6.07) is 4.31. The Morgan fingerprint density at radius 2 is 2.36 bits per heavy atom. The zero-order valence-electron chi connectivity index (χ0n) is 7.27. The fourth-order valence-electron chi connectivity index (χ4n) is 0.881. The van der Waals surface area contributed by atoms with Crippen LogP contribution in [-0.2, 0) is 4.74 Å². The van der Waals surface area contributed by atoms with Gasteiger partial charge in [0.2, 0.25) is 0 Å². The first-order valence-electron chi connectivity index (χ1n) is 3.62. The second-order valence-electron chi connectivity index (χ2n) is 2.35. The highest BCUT2D eigenvalue weighted by Gasteiger charge is 2.07. The molecule has 0 fully saturated rings. The number of ether oxygens (including phenoxy) is 1. The van der Waals surface area contributed by atoms with Gasteiger partial charge in [0, 0.05) is 4.91 Å². The average Bonchev–Trinajstić information content (AvgIpc) is 2.20. The van der Waals surface area contributed by atoms with Crippen molar-refractivity contribution >= 4 is 23.3 Å². The Labute approximate surface area is 84.9 Å². The molecule has 6 heteroatoms. The van der Waals surface area contributed by atoms with Crippen molar-refractivity contribution in [3.63, 3.8) is 0 Å². The topological polar surface area (TPSA) is 75.1 Å². The molecule has 5 nitrogen and oxygen atoms in total. The summed E-state index contributed by atoms with van der Waals surface area (Å²) in [6.45, 7) is 0. The summed E-state index contributed by atoms with van der Waals surface area (Å²) in [5, 5.41) is 3.54. The molecule has 0 spiro atoms. The monoisotopic (exact) mass is 211 g/mol. The average molecular weight is 212 g/mol. The predicted molar refractivity (Wildman–Crippen MR) is 51.6 cm³/mol. The Hall–Kier alpha value is -1.71. The summed E-state index contributed by atoms with van der Waals surface area (Å²) in [5.41, 5.74) is 8.77. The highest BCUT2D eigenvalue weighted by molar-refractivity contribution is 6.33. The molecule has 0 heterocycles. The number of nitrogens with zero attached hydrogens (tertiary/aromatic N) is 3. The minimum Gasteiger partial charge on any atom is -0.465 e. The molecule has 72 valence electrons. The largest absolute Gasteiger partial charge is 0.465 e. The van der Waals surface area contributed by atoms with Crippen molar-refractivity contribution in [3.05, 3.63) is 39.2 Å².